The van der Waals surface area contributed by atoms with Crippen LogP contribution < -0.4 is 16.0 Å². The van der Waals surface area contributed by atoms with E-state index in [9.17, 15) is 4.79 Å². The number of pyridine rings is 1. The molecule has 0 saturated heterocycles. The van der Waals surface area contributed by atoms with Gasteiger partial charge in [-0.3, -0.25) is 9.78 Å². The first-order valence-electron chi connectivity index (χ1n) is 5.74. The van der Waals surface area contributed by atoms with E-state index in [0.717, 1.165) is 12.1 Å². The zero-order chi connectivity index (χ0) is 12.8. The molecule has 0 aliphatic rings. The number of nitrogens with one attached hydrogen (secondary N) is 1. The Kier molecular flexibility index (Phi) is 4.90. The summed E-state index contributed by atoms with van der Waals surface area (Å²) >= 11 is 0. The number of hydrogen-bond donors (Lipinski definition) is 2. The third-order valence-electron chi connectivity index (χ3n) is 2.47. The van der Waals surface area contributed by atoms with Crippen LogP contribution in [-0.2, 0) is 4.79 Å². The number of nitrogens with two attached hydrogens (primary N) is 1. The largest absolute Gasteiger partial charge is 0.376 e. The summed E-state index contributed by atoms with van der Waals surface area (Å²) in [5, 5.41) is 2.81. The van der Waals surface area contributed by atoms with Crippen LogP contribution in [0.5, 0.6) is 0 Å². The molecule has 0 fully saturated rings. The summed E-state index contributed by atoms with van der Waals surface area (Å²) in [6, 6.07) is 1.39. The minimum Gasteiger partial charge on any atom is -0.376 e. The number of anilines is 2. The molecule has 0 aliphatic carbocycles. The van der Waals surface area contributed by atoms with Crippen LogP contribution in [0, 0.1) is 0 Å². The Balaban J connectivity index is 2.77. The van der Waals surface area contributed by atoms with Crippen LogP contribution in [0.1, 0.15) is 19.8 Å². The maximum Gasteiger partial charge on any atom is 0.241 e. The number of rotatable bonds is 5. The number of amides is 1. The lowest BCUT2D eigenvalue weighted by Gasteiger charge is -2.18. The van der Waals surface area contributed by atoms with Crippen molar-refractivity contribution in [1.29, 1.82) is 0 Å². The van der Waals surface area contributed by atoms with Crippen molar-refractivity contribution < 1.29 is 4.79 Å². The highest BCUT2D eigenvalue weighted by molar-refractivity contribution is 5.97. The van der Waals surface area contributed by atoms with Gasteiger partial charge in [0.1, 0.15) is 0 Å². The first-order chi connectivity index (χ1) is 8.06. The molecule has 1 atom stereocenters. The number of nitrogens with zero attached hydrogens (tertiary/aromatic N) is 2. The van der Waals surface area contributed by atoms with Crippen molar-refractivity contribution in [3.8, 4) is 0 Å². The van der Waals surface area contributed by atoms with E-state index in [1.54, 1.807) is 12.4 Å². The standard InChI is InChI=1S/C12H20N4O/c1-4-5-9(13)12(17)15-10-8-14-7-6-11(10)16(2)3/h6-9H,4-5,13H2,1-3H3,(H,15,17). The fourth-order valence-corrected chi connectivity index (χ4v) is 1.54. The second kappa shape index (κ2) is 6.20. The quantitative estimate of drug-likeness (QED) is 0.806. The molecule has 1 unspecified atom stereocenters. The lowest BCUT2D eigenvalue weighted by molar-refractivity contribution is -0.117. The summed E-state index contributed by atoms with van der Waals surface area (Å²) in [6.07, 6.45) is 4.90. The second-order valence-corrected chi connectivity index (χ2v) is 4.17. The molecule has 5 nitrogen and oxygen atoms in total. The van der Waals surface area contributed by atoms with Crippen LogP contribution in [0.25, 0.3) is 0 Å². The monoisotopic (exact) mass is 236 g/mol. The maximum atomic E-state index is 11.8. The summed E-state index contributed by atoms with van der Waals surface area (Å²) < 4.78 is 0. The highest BCUT2D eigenvalue weighted by Crippen LogP contribution is 2.22. The molecule has 1 rings (SSSR count). The van der Waals surface area contributed by atoms with Crippen molar-refractivity contribution >= 4 is 17.3 Å². The number of aromatic nitrogens is 1. The molecule has 1 aromatic rings. The summed E-state index contributed by atoms with van der Waals surface area (Å²) in [4.78, 5) is 17.7. The first-order valence-corrected chi connectivity index (χ1v) is 5.74. The first kappa shape index (κ1) is 13.4. The van der Waals surface area contributed by atoms with Crippen LogP contribution in [0.15, 0.2) is 18.5 Å². The van der Waals surface area contributed by atoms with Gasteiger partial charge in [-0.1, -0.05) is 13.3 Å². The van der Waals surface area contributed by atoms with Crippen molar-refractivity contribution in [3.05, 3.63) is 18.5 Å². The van der Waals surface area contributed by atoms with Crippen LogP contribution in [0.3, 0.4) is 0 Å². The van der Waals surface area contributed by atoms with Gasteiger partial charge in [-0.15, -0.1) is 0 Å². The number of hydrogen-bond acceptors (Lipinski definition) is 4. The van der Waals surface area contributed by atoms with E-state index >= 15 is 0 Å². The Bertz CT molecular complexity index is 379. The van der Waals surface area contributed by atoms with E-state index in [4.69, 9.17) is 5.73 Å². The molecule has 0 spiro atoms. The molecular formula is C12H20N4O. The third kappa shape index (κ3) is 3.71. The van der Waals surface area contributed by atoms with E-state index in [1.165, 1.54) is 0 Å². The maximum absolute atomic E-state index is 11.8. The topological polar surface area (TPSA) is 71.2 Å². The lowest BCUT2D eigenvalue weighted by atomic mass is 10.1. The fraction of sp³-hybridized carbons (Fsp3) is 0.500. The van der Waals surface area contributed by atoms with Gasteiger partial charge in [-0.25, -0.2) is 0 Å². The molecule has 0 radical (unpaired) electrons. The average Bonchev–Trinajstić information content (AvgIpc) is 2.29. The smallest absolute Gasteiger partial charge is 0.241 e. The highest BCUT2D eigenvalue weighted by Gasteiger charge is 2.14. The summed E-state index contributed by atoms with van der Waals surface area (Å²) in [7, 11) is 3.83. The van der Waals surface area contributed by atoms with Gasteiger partial charge in [0, 0.05) is 20.3 Å². The molecular weight excluding hydrogens is 216 g/mol. The van der Waals surface area contributed by atoms with Gasteiger partial charge in [0.05, 0.1) is 23.6 Å². The van der Waals surface area contributed by atoms with Gasteiger partial charge in [0.2, 0.25) is 5.91 Å². The zero-order valence-corrected chi connectivity index (χ0v) is 10.6. The minimum absolute atomic E-state index is 0.164. The van der Waals surface area contributed by atoms with Gasteiger partial charge < -0.3 is 16.0 Å². The SMILES string of the molecule is CCCC(N)C(=O)Nc1cnccc1N(C)C. The van der Waals surface area contributed by atoms with Gasteiger partial charge >= 0.3 is 0 Å². The fourth-order valence-electron chi connectivity index (χ4n) is 1.54. The van der Waals surface area contributed by atoms with Crippen molar-refractivity contribution in [2.75, 3.05) is 24.3 Å². The molecule has 5 heteroatoms. The van der Waals surface area contributed by atoms with Crippen LogP contribution in [-0.4, -0.2) is 31.0 Å². The van der Waals surface area contributed by atoms with Gasteiger partial charge in [-0.2, -0.15) is 0 Å². The predicted molar refractivity (Wildman–Crippen MR) is 70.1 cm³/mol. The molecule has 1 heterocycles. The second-order valence-electron chi connectivity index (χ2n) is 4.17. The normalized spacial score (nSPS) is 12.0. The minimum atomic E-state index is -0.463. The molecule has 1 amide bonds. The Hall–Kier alpha value is -1.62. The Morgan fingerprint density at radius 1 is 1.59 bits per heavy atom. The molecule has 17 heavy (non-hydrogen) atoms. The molecule has 94 valence electrons. The summed E-state index contributed by atoms with van der Waals surface area (Å²) in [5.74, 6) is -0.164. The molecule has 0 aromatic carbocycles. The van der Waals surface area contributed by atoms with E-state index in [1.807, 2.05) is 32.0 Å². The van der Waals surface area contributed by atoms with Gasteiger partial charge in [0.15, 0.2) is 0 Å². The Morgan fingerprint density at radius 2 is 2.29 bits per heavy atom. The van der Waals surface area contributed by atoms with Gasteiger partial charge in [0.25, 0.3) is 0 Å². The molecule has 3 N–H and O–H groups in total. The molecule has 0 saturated carbocycles. The van der Waals surface area contributed by atoms with Crippen molar-refractivity contribution in [2.24, 2.45) is 5.73 Å². The van der Waals surface area contributed by atoms with E-state index in [-0.39, 0.29) is 5.91 Å². The van der Waals surface area contributed by atoms with E-state index in [2.05, 4.69) is 10.3 Å². The van der Waals surface area contributed by atoms with Crippen LogP contribution >= 0.6 is 0 Å². The summed E-state index contributed by atoms with van der Waals surface area (Å²) in [6.45, 7) is 2.00. The highest BCUT2D eigenvalue weighted by atomic mass is 16.2. The molecule has 0 bridgehead atoms. The molecule has 0 aliphatic heterocycles. The average molecular weight is 236 g/mol. The van der Waals surface area contributed by atoms with E-state index < -0.39 is 6.04 Å². The third-order valence-corrected chi connectivity index (χ3v) is 2.47. The van der Waals surface area contributed by atoms with Crippen LogP contribution in [0.4, 0.5) is 11.4 Å². The number of carbonyl (C=O) groups excluding carboxylic acids is 1. The predicted octanol–water partition coefficient (Wildman–Crippen LogP) is 1.21. The molecule has 1 aromatic heterocycles. The van der Waals surface area contributed by atoms with Crippen LogP contribution in [0.2, 0.25) is 0 Å². The van der Waals surface area contributed by atoms with Crippen molar-refractivity contribution in [2.45, 2.75) is 25.8 Å². The number of carbonyl (C=O) groups is 1. The van der Waals surface area contributed by atoms with Gasteiger partial charge in [-0.05, 0) is 12.5 Å². The van der Waals surface area contributed by atoms with E-state index in [0.29, 0.717) is 12.1 Å². The lowest BCUT2D eigenvalue weighted by Crippen LogP contribution is -2.35. The Labute approximate surface area is 102 Å². The Morgan fingerprint density at radius 3 is 2.88 bits per heavy atom. The van der Waals surface area contributed by atoms with Crippen molar-refractivity contribution in [1.82, 2.24) is 4.98 Å². The van der Waals surface area contributed by atoms with Crippen molar-refractivity contribution in [3.63, 3.8) is 0 Å². The summed E-state index contributed by atoms with van der Waals surface area (Å²) in [5.41, 5.74) is 7.36. The zero-order valence-electron chi connectivity index (χ0n) is 10.6.